The third-order valence-electron chi connectivity index (χ3n) is 5.53. The van der Waals surface area contributed by atoms with E-state index in [2.05, 4.69) is 20.6 Å². The van der Waals surface area contributed by atoms with Gasteiger partial charge in [-0.2, -0.15) is 0 Å². The summed E-state index contributed by atoms with van der Waals surface area (Å²) in [6, 6.07) is 11.0. The Morgan fingerprint density at radius 2 is 1.89 bits per heavy atom. The van der Waals surface area contributed by atoms with Crippen LogP contribution < -0.4 is 11.1 Å². The molecule has 4 aromatic rings. The number of thiophene rings is 1. The minimum Gasteiger partial charge on any atom is -0.386 e. The zero-order valence-electron chi connectivity index (χ0n) is 19.6. The van der Waals surface area contributed by atoms with E-state index in [0.717, 1.165) is 11.3 Å². The van der Waals surface area contributed by atoms with Crippen LogP contribution in [-0.2, 0) is 18.2 Å². The van der Waals surface area contributed by atoms with Gasteiger partial charge in [0, 0.05) is 17.5 Å². The Hall–Kier alpha value is -3.67. The maximum Gasteiger partial charge on any atom is 0.251 e. The van der Waals surface area contributed by atoms with Crippen LogP contribution in [-0.4, -0.2) is 36.1 Å². The molecule has 0 aliphatic rings. The van der Waals surface area contributed by atoms with E-state index < -0.39 is 22.9 Å². The predicted molar refractivity (Wildman–Crippen MR) is 131 cm³/mol. The molecule has 0 fully saturated rings. The van der Waals surface area contributed by atoms with Crippen molar-refractivity contribution >= 4 is 28.1 Å². The second-order valence-electron chi connectivity index (χ2n) is 8.85. The van der Waals surface area contributed by atoms with Gasteiger partial charge >= 0.3 is 0 Å². The summed E-state index contributed by atoms with van der Waals surface area (Å²) in [7, 11) is 1.69. The Bertz CT molecular complexity index is 1410. The Labute approximate surface area is 205 Å². The number of carbonyl (C=O) groups is 1. The van der Waals surface area contributed by atoms with Crippen LogP contribution in [0, 0.1) is 5.82 Å². The molecular weight excluding hydrogens is 471 g/mol. The number of carbonyl (C=O) groups excluding carboxylic acids is 1. The summed E-state index contributed by atoms with van der Waals surface area (Å²) in [6.07, 6.45) is 1.59. The molecule has 0 aliphatic heterocycles. The molecule has 3 aromatic heterocycles. The Balaban J connectivity index is 1.68. The van der Waals surface area contributed by atoms with Crippen molar-refractivity contribution in [1.82, 2.24) is 20.0 Å². The maximum absolute atomic E-state index is 14.9. The summed E-state index contributed by atoms with van der Waals surface area (Å²) in [6.45, 7) is 4.70. The van der Waals surface area contributed by atoms with Gasteiger partial charge in [-0.15, -0.1) is 16.4 Å². The van der Waals surface area contributed by atoms with Crippen molar-refractivity contribution in [2.45, 2.75) is 32.0 Å². The second kappa shape index (κ2) is 8.84. The Morgan fingerprint density at radius 1 is 1.14 bits per heavy atom. The van der Waals surface area contributed by atoms with Gasteiger partial charge in [-0.1, -0.05) is 23.4 Å². The van der Waals surface area contributed by atoms with Gasteiger partial charge in [0.25, 0.3) is 5.91 Å². The molecule has 1 amide bonds. The van der Waals surface area contributed by atoms with Crippen LogP contribution in [0.2, 0.25) is 0 Å². The number of aliphatic hydroxyl groups is 2. The number of hydrogen-bond acceptors (Lipinski definition) is 8. The smallest absolute Gasteiger partial charge is 0.251 e. The van der Waals surface area contributed by atoms with Crippen LogP contribution in [0.3, 0.4) is 0 Å². The van der Waals surface area contributed by atoms with Crippen molar-refractivity contribution in [3.05, 3.63) is 77.0 Å². The fourth-order valence-corrected chi connectivity index (χ4v) is 4.59. The standard InChI is InChI=1S/C24H25FN6O3S/c1-23(2,33)13-8-9-14(16(25)10-13)17-11-15(21(26)32)22(35-17)28-20-7-5-6-18(27-20)24(3,34)19-12-31(4)30-29-19/h5-12,33-34H,1-4H3,(H2,26,32)(H,27,28). The summed E-state index contributed by atoms with van der Waals surface area (Å²) in [5.41, 5.74) is 4.39. The van der Waals surface area contributed by atoms with Gasteiger partial charge in [-0.3, -0.25) is 9.48 Å². The molecule has 0 aliphatic carbocycles. The molecule has 0 spiro atoms. The topological polar surface area (TPSA) is 139 Å². The summed E-state index contributed by atoms with van der Waals surface area (Å²) in [4.78, 5) is 17.1. The number of aromatic nitrogens is 4. The van der Waals surface area contributed by atoms with Gasteiger partial charge in [0.15, 0.2) is 0 Å². The number of hydrogen-bond donors (Lipinski definition) is 4. The van der Waals surface area contributed by atoms with Crippen LogP contribution in [0.25, 0.3) is 10.4 Å². The van der Waals surface area contributed by atoms with Crippen molar-refractivity contribution in [3.63, 3.8) is 0 Å². The number of amides is 1. The van der Waals surface area contributed by atoms with Crippen LogP contribution in [0.4, 0.5) is 15.2 Å². The Kier molecular flexibility index (Phi) is 6.18. The van der Waals surface area contributed by atoms with Crippen LogP contribution in [0.1, 0.15) is 48.1 Å². The van der Waals surface area contributed by atoms with Gasteiger partial charge in [0.05, 0.1) is 23.1 Å². The summed E-state index contributed by atoms with van der Waals surface area (Å²) in [5, 5.41) is 32.4. The molecule has 4 rings (SSSR count). The zero-order chi connectivity index (χ0) is 25.5. The van der Waals surface area contributed by atoms with Gasteiger partial charge in [-0.05, 0) is 50.6 Å². The van der Waals surface area contributed by atoms with Gasteiger partial charge in [0.1, 0.15) is 27.9 Å². The van der Waals surface area contributed by atoms with Crippen LogP contribution in [0.5, 0.6) is 0 Å². The zero-order valence-corrected chi connectivity index (χ0v) is 20.4. The van der Waals surface area contributed by atoms with E-state index in [1.807, 2.05) is 0 Å². The highest BCUT2D eigenvalue weighted by Gasteiger charge is 2.31. The second-order valence-corrected chi connectivity index (χ2v) is 9.91. The first kappa shape index (κ1) is 24.5. The lowest BCUT2D eigenvalue weighted by Crippen LogP contribution is -2.25. The molecule has 3 heterocycles. The third kappa shape index (κ3) is 4.92. The van der Waals surface area contributed by atoms with E-state index in [1.54, 1.807) is 64.3 Å². The molecule has 0 bridgehead atoms. The van der Waals surface area contributed by atoms with Crippen molar-refractivity contribution in [2.24, 2.45) is 12.8 Å². The molecule has 0 saturated carbocycles. The summed E-state index contributed by atoms with van der Waals surface area (Å²) >= 11 is 1.13. The lowest BCUT2D eigenvalue weighted by atomic mass is 9.96. The Morgan fingerprint density at radius 3 is 2.49 bits per heavy atom. The average Bonchev–Trinajstić information content (AvgIpc) is 3.40. The summed E-state index contributed by atoms with van der Waals surface area (Å²) < 4.78 is 16.4. The molecule has 11 heteroatoms. The van der Waals surface area contributed by atoms with Crippen molar-refractivity contribution in [3.8, 4) is 10.4 Å². The first-order chi connectivity index (χ1) is 16.4. The molecule has 35 heavy (non-hydrogen) atoms. The first-order valence-electron chi connectivity index (χ1n) is 10.7. The number of nitrogens with one attached hydrogen (secondary N) is 1. The third-order valence-corrected chi connectivity index (χ3v) is 6.61. The van der Waals surface area contributed by atoms with Gasteiger partial charge < -0.3 is 21.3 Å². The molecule has 1 unspecified atom stereocenters. The number of halogens is 1. The molecule has 1 aromatic carbocycles. The number of rotatable bonds is 7. The van der Waals surface area contributed by atoms with E-state index >= 15 is 0 Å². The molecule has 0 saturated heterocycles. The maximum atomic E-state index is 14.9. The highest BCUT2D eigenvalue weighted by Crippen LogP contribution is 2.39. The van der Waals surface area contributed by atoms with E-state index in [-0.39, 0.29) is 11.1 Å². The average molecular weight is 497 g/mol. The van der Waals surface area contributed by atoms with Crippen LogP contribution in [0.15, 0.2) is 48.7 Å². The quantitative estimate of drug-likeness (QED) is 0.307. The molecule has 1 atom stereocenters. The highest BCUT2D eigenvalue weighted by atomic mass is 32.1. The fraction of sp³-hybridized carbons (Fsp3) is 0.250. The lowest BCUT2D eigenvalue weighted by molar-refractivity contribution is 0.0782. The number of aryl methyl sites for hydroxylation is 1. The monoisotopic (exact) mass is 496 g/mol. The van der Waals surface area contributed by atoms with E-state index in [0.29, 0.717) is 32.6 Å². The number of nitrogens with zero attached hydrogens (tertiary/aromatic N) is 4. The minimum absolute atomic E-state index is 0.170. The molecule has 182 valence electrons. The number of anilines is 2. The van der Waals surface area contributed by atoms with Crippen molar-refractivity contribution in [2.75, 3.05) is 5.32 Å². The predicted octanol–water partition coefficient (Wildman–Crippen LogP) is 3.40. The number of nitrogens with two attached hydrogens (primary N) is 1. The molecular formula is C24H25FN6O3S. The SMILES string of the molecule is Cn1cc(C(C)(O)c2cccc(Nc3sc(-c4ccc(C(C)(C)O)cc4F)cc3C(N)=O)n2)nn1. The fourth-order valence-electron chi connectivity index (χ4n) is 3.49. The van der Waals surface area contributed by atoms with E-state index in [1.165, 1.54) is 16.8 Å². The molecule has 5 N–H and O–H groups in total. The van der Waals surface area contributed by atoms with Crippen LogP contribution >= 0.6 is 11.3 Å². The lowest BCUT2D eigenvalue weighted by Gasteiger charge is -2.20. The van der Waals surface area contributed by atoms with Gasteiger partial charge in [-0.25, -0.2) is 9.37 Å². The largest absolute Gasteiger partial charge is 0.386 e. The van der Waals surface area contributed by atoms with E-state index in [9.17, 15) is 19.4 Å². The number of primary amides is 1. The number of pyridine rings is 1. The molecule has 0 radical (unpaired) electrons. The van der Waals surface area contributed by atoms with Crippen molar-refractivity contribution in [1.29, 1.82) is 0 Å². The van der Waals surface area contributed by atoms with Crippen molar-refractivity contribution < 1.29 is 19.4 Å². The summed E-state index contributed by atoms with van der Waals surface area (Å²) in [5.74, 6) is -0.875. The minimum atomic E-state index is -1.51. The van der Waals surface area contributed by atoms with E-state index in [4.69, 9.17) is 5.73 Å². The highest BCUT2D eigenvalue weighted by molar-refractivity contribution is 7.19. The first-order valence-corrected chi connectivity index (χ1v) is 11.5. The number of benzene rings is 1. The normalized spacial score (nSPS) is 13.5. The van der Waals surface area contributed by atoms with Gasteiger partial charge in [0.2, 0.25) is 0 Å². The molecule has 9 nitrogen and oxygen atoms in total.